The number of rotatable bonds is 3. The van der Waals surface area contributed by atoms with Crippen molar-refractivity contribution < 1.29 is 33.3 Å². The molecule has 0 N–H and O–H groups in total. The summed E-state index contributed by atoms with van der Waals surface area (Å²) in [5.41, 5.74) is 0. The highest BCUT2D eigenvalue weighted by Crippen LogP contribution is 2.31. The topological polar surface area (TPSA) is 88.1 Å². The molecule has 7 nitrogen and oxygen atoms in total. The van der Waals surface area contributed by atoms with Crippen LogP contribution < -0.4 is 0 Å². The summed E-state index contributed by atoms with van der Waals surface area (Å²) in [6.07, 6.45) is -3.22. The summed E-state index contributed by atoms with van der Waals surface area (Å²) in [7, 11) is 0. The van der Waals surface area contributed by atoms with Gasteiger partial charge in [-0.3, -0.25) is 14.4 Å². The molecule has 1 aliphatic heterocycles. The predicted molar refractivity (Wildman–Crippen MR) is 69.9 cm³/mol. The highest BCUT2D eigenvalue weighted by molar-refractivity contribution is 9.09. The minimum atomic E-state index is -0.937. The van der Waals surface area contributed by atoms with Crippen LogP contribution in [-0.2, 0) is 33.3 Å². The maximum Gasteiger partial charge on any atom is 0.303 e. The second-order valence-corrected chi connectivity index (χ2v) is 5.32. The Labute approximate surface area is 125 Å². The van der Waals surface area contributed by atoms with Gasteiger partial charge < -0.3 is 18.9 Å². The van der Waals surface area contributed by atoms with Gasteiger partial charge in [0.15, 0.2) is 23.3 Å². The third-order valence-electron chi connectivity index (χ3n) is 2.62. The van der Waals surface area contributed by atoms with Crippen molar-refractivity contribution >= 4 is 33.8 Å². The molecule has 0 spiro atoms. The van der Waals surface area contributed by atoms with Gasteiger partial charge in [0.05, 0.1) is 6.10 Å². The molecule has 1 heterocycles. The largest absolute Gasteiger partial charge is 0.456 e. The van der Waals surface area contributed by atoms with E-state index in [1.165, 1.54) is 20.8 Å². The van der Waals surface area contributed by atoms with E-state index in [4.69, 9.17) is 18.9 Å². The van der Waals surface area contributed by atoms with E-state index in [2.05, 4.69) is 15.9 Å². The number of alkyl halides is 1. The monoisotopic (exact) mass is 352 g/mol. The zero-order valence-electron chi connectivity index (χ0n) is 11.6. The maximum atomic E-state index is 11.2. The number of halogens is 1. The molecule has 0 aromatic rings. The van der Waals surface area contributed by atoms with Crippen LogP contribution in [0.15, 0.2) is 0 Å². The lowest BCUT2D eigenvalue weighted by Gasteiger charge is -2.41. The zero-order chi connectivity index (χ0) is 15.4. The van der Waals surface area contributed by atoms with E-state index < -0.39 is 47.3 Å². The Balaban J connectivity index is 3.01. The van der Waals surface area contributed by atoms with Gasteiger partial charge in [-0.25, -0.2) is 0 Å². The normalized spacial score (nSPS) is 33.1. The summed E-state index contributed by atoms with van der Waals surface area (Å²) < 4.78 is 20.9. The highest BCUT2D eigenvalue weighted by Gasteiger charge is 2.49. The molecule has 20 heavy (non-hydrogen) atoms. The lowest BCUT2D eigenvalue weighted by Crippen LogP contribution is -2.59. The van der Waals surface area contributed by atoms with Gasteiger partial charge in [0.1, 0.15) is 0 Å². The van der Waals surface area contributed by atoms with E-state index in [0.717, 1.165) is 0 Å². The van der Waals surface area contributed by atoms with Crippen molar-refractivity contribution in [2.24, 2.45) is 0 Å². The first-order valence-corrected chi connectivity index (χ1v) is 6.95. The molecule has 5 atom stereocenters. The average Bonchev–Trinajstić information content (AvgIpc) is 2.27. The van der Waals surface area contributed by atoms with E-state index >= 15 is 0 Å². The minimum Gasteiger partial charge on any atom is -0.456 e. The van der Waals surface area contributed by atoms with Crippen molar-refractivity contribution in [3.8, 4) is 0 Å². The lowest BCUT2D eigenvalue weighted by molar-refractivity contribution is -0.227. The van der Waals surface area contributed by atoms with Crippen molar-refractivity contribution in [3.05, 3.63) is 0 Å². The molecule has 0 aromatic carbocycles. The Morgan fingerprint density at radius 1 is 0.850 bits per heavy atom. The maximum absolute atomic E-state index is 11.2. The SMILES string of the molecule is CC(=O)O[C@H]1[C@H](OC(C)=O)[C@H](C)O[C@H](Br)[C@H]1OC(C)=O. The Morgan fingerprint density at radius 2 is 1.25 bits per heavy atom. The number of ether oxygens (including phenoxy) is 4. The summed E-state index contributed by atoms with van der Waals surface area (Å²) in [5, 5.41) is -0.669. The van der Waals surface area contributed by atoms with Gasteiger partial charge in [-0.15, -0.1) is 0 Å². The van der Waals surface area contributed by atoms with Crippen LogP contribution in [0, 0.1) is 0 Å². The van der Waals surface area contributed by atoms with Crippen LogP contribution >= 0.6 is 15.9 Å². The summed E-state index contributed by atoms with van der Waals surface area (Å²) in [4.78, 5) is 33.5. The molecular weight excluding hydrogens is 336 g/mol. The molecule has 1 fully saturated rings. The number of hydrogen-bond donors (Lipinski definition) is 0. The molecule has 1 aliphatic rings. The molecular formula is C12H17BrO7. The average molecular weight is 353 g/mol. The number of esters is 3. The van der Waals surface area contributed by atoms with E-state index in [9.17, 15) is 14.4 Å². The molecule has 0 saturated carbocycles. The van der Waals surface area contributed by atoms with Gasteiger partial charge in [-0.1, -0.05) is 15.9 Å². The van der Waals surface area contributed by atoms with Crippen LogP contribution in [-0.4, -0.2) is 47.3 Å². The van der Waals surface area contributed by atoms with Gasteiger partial charge in [-0.05, 0) is 6.92 Å². The molecule has 114 valence electrons. The zero-order valence-corrected chi connectivity index (χ0v) is 13.2. The van der Waals surface area contributed by atoms with Gasteiger partial charge in [0.25, 0.3) is 0 Å². The van der Waals surface area contributed by atoms with Gasteiger partial charge in [0.2, 0.25) is 0 Å². The van der Waals surface area contributed by atoms with Crippen molar-refractivity contribution in [2.75, 3.05) is 0 Å². The fourth-order valence-electron chi connectivity index (χ4n) is 1.96. The van der Waals surface area contributed by atoms with Crippen molar-refractivity contribution in [1.29, 1.82) is 0 Å². The van der Waals surface area contributed by atoms with Crippen LogP contribution in [0.3, 0.4) is 0 Å². The number of hydrogen-bond acceptors (Lipinski definition) is 7. The van der Waals surface area contributed by atoms with Crippen LogP contribution in [0.1, 0.15) is 27.7 Å². The highest BCUT2D eigenvalue weighted by atomic mass is 79.9. The predicted octanol–water partition coefficient (Wildman–Crippen LogP) is 0.921. The molecule has 1 saturated heterocycles. The molecule has 0 amide bonds. The van der Waals surface area contributed by atoms with Crippen LogP contribution in [0.5, 0.6) is 0 Å². The molecule has 0 aliphatic carbocycles. The van der Waals surface area contributed by atoms with E-state index in [-0.39, 0.29) is 0 Å². The van der Waals surface area contributed by atoms with Crippen LogP contribution in [0.4, 0.5) is 0 Å². The Morgan fingerprint density at radius 3 is 1.70 bits per heavy atom. The van der Waals surface area contributed by atoms with Gasteiger partial charge in [-0.2, -0.15) is 0 Å². The molecule has 0 aromatic heterocycles. The molecule has 8 heteroatoms. The summed E-state index contributed by atoms with van der Waals surface area (Å²) in [5.74, 6) is -1.67. The standard InChI is InChI=1S/C12H17BrO7/c1-5-9(18-6(2)14)10(19-7(3)15)11(12(13)17-5)20-8(4)16/h5,9-12H,1-4H3/t5-,9+,10-,11-,12-/m0/s1. The van der Waals surface area contributed by atoms with E-state index in [1.54, 1.807) is 6.92 Å². The number of carbonyl (C=O) groups excluding carboxylic acids is 3. The van der Waals surface area contributed by atoms with Crippen molar-refractivity contribution in [2.45, 2.75) is 57.1 Å². The Hall–Kier alpha value is -1.15. The fourth-order valence-corrected chi connectivity index (χ4v) is 2.70. The van der Waals surface area contributed by atoms with Gasteiger partial charge in [0, 0.05) is 20.8 Å². The quantitative estimate of drug-likeness (QED) is 0.424. The summed E-state index contributed by atoms with van der Waals surface area (Å²) in [6, 6.07) is 0. The Kier molecular flexibility index (Phi) is 5.94. The lowest BCUT2D eigenvalue weighted by atomic mass is 10.00. The molecule has 0 bridgehead atoms. The minimum absolute atomic E-state index is 0.528. The fraction of sp³-hybridized carbons (Fsp3) is 0.750. The Bertz CT molecular complexity index is 369. The first kappa shape index (κ1) is 16.9. The first-order chi connectivity index (χ1) is 9.22. The van der Waals surface area contributed by atoms with E-state index in [1.807, 2.05) is 0 Å². The van der Waals surface area contributed by atoms with Crippen molar-refractivity contribution in [1.82, 2.24) is 0 Å². The van der Waals surface area contributed by atoms with Crippen LogP contribution in [0.25, 0.3) is 0 Å². The van der Waals surface area contributed by atoms with Crippen LogP contribution in [0.2, 0.25) is 0 Å². The smallest absolute Gasteiger partial charge is 0.303 e. The first-order valence-electron chi connectivity index (χ1n) is 6.03. The second-order valence-electron chi connectivity index (χ2n) is 4.41. The van der Waals surface area contributed by atoms with Gasteiger partial charge >= 0.3 is 17.9 Å². The third-order valence-corrected chi connectivity index (χ3v) is 3.36. The molecule has 0 radical (unpaired) electrons. The summed E-state index contributed by atoms with van der Waals surface area (Å²) >= 11 is 3.22. The van der Waals surface area contributed by atoms with Crippen molar-refractivity contribution in [3.63, 3.8) is 0 Å². The third kappa shape index (κ3) is 4.45. The second kappa shape index (κ2) is 7.03. The molecule has 0 unspecified atom stereocenters. The molecule has 1 rings (SSSR count). The van der Waals surface area contributed by atoms with E-state index in [0.29, 0.717) is 0 Å². The number of carbonyl (C=O) groups is 3. The summed E-state index contributed by atoms with van der Waals surface area (Å²) in [6.45, 7) is 5.35.